The topological polar surface area (TPSA) is 61.8 Å². The number of amides is 3. The van der Waals surface area contributed by atoms with Gasteiger partial charge >= 0.3 is 12.0 Å². The van der Waals surface area contributed by atoms with Gasteiger partial charge in [0.25, 0.3) is 5.91 Å². The Balaban J connectivity index is 2.14. The van der Waals surface area contributed by atoms with Crippen LogP contribution in [0.5, 0.6) is 0 Å². The number of aliphatic imine (C=N–C) groups is 1. The van der Waals surface area contributed by atoms with Gasteiger partial charge in [-0.25, -0.2) is 13.9 Å². The summed E-state index contributed by atoms with van der Waals surface area (Å²) in [5, 5.41) is 0. The summed E-state index contributed by atoms with van der Waals surface area (Å²) in [6.45, 7) is 6.95. The summed E-state index contributed by atoms with van der Waals surface area (Å²) in [6, 6.07) is -0.870. The van der Waals surface area contributed by atoms with Crippen LogP contribution in [-0.2, 0) is 11.3 Å². The van der Waals surface area contributed by atoms with Gasteiger partial charge in [-0.05, 0) is 20.3 Å². The number of fused-ring (bicyclic) bond motifs is 3. The van der Waals surface area contributed by atoms with Gasteiger partial charge in [0, 0.05) is 13.6 Å². The maximum Gasteiger partial charge on any atom is 0.402 e. The molecule has 1 fully saturated rings. The average molecular weight is 339 g/mol. The van der Waals surface area contributed by atoms with Gasteiger partial charge in [-0.1, -0.05) is 11.9 Å². The fourth-order valence-electron chi connectivity index (χ4n) is 3.28. The molecular formula is C15H21ClN5O2+. The lowest BCUT2D eigenvalue weighted by atomic mass is 10.1. The van der Waals surface area contributed by atoms with Crippen LogP contribution in [0.4, 0.5) is 10.7 Å². The summed E-state index contributed by atoms with van der Waals surface area (Å²) in [6.07, 6.45) is 0.729. The molecule has 1 saturated heterocycles. The molecule has 0 aromatic carbocycles. The first-order valence-electron chi connectivity index (χ1n) is 7.78. The van der Waals surface area contributed by atoms with Crippen molar-refractivity contribution in [1.82, 2.24) is 14.4 Å². The first-order valence-corrected chi connectivity index (χ1v) is 8.32. The molecule has 1 unspecified atom stereocenters. The zero-order chi connectivity index (χ0) is 16.9. The standard InChI is InChI=1S/C15H21ClN5O2/c1-5-7-20-13(22)11-12(18(4)15(20)23)17-14-19(8-6-16)9(2)10(3)21(11)14/h11H,5-8H2,1-4H3/q+1. The number of alkyl halides is 1. The molecule has 3 amide bonds. The molecule has 3 heterocycles. The lowest BCUT2D eigenvalue weighted by Crippen LogP contribution is -2.57. The molecule has 3 rings (SSSR count). The SMILES string of the molecule is CCCN1C(=O)C2C(=Nc3n2c(C)c(C)[n+]3CCCl)N(C)C1=O. The van der Waals surface area contributed by atoms with Crippen LogP contribution in [0.3, 0.4) is 0 Å². The number of nitrogens with zero attached hydrogens (tertiary/aromatic N) is 5. The van der Waals surface area contributed by atoms with Crippen LogP contribution < -0.4 is 4.57 Å². The van der Waals surface area contributed by atoms with Gasteiger partial charge < -0.3 is 0 Å². The van der Waals surface area contributed by atoms with E-state index >= 15 is 0 Å². The maximum absolute atomic E-state index is 12.9. The van der Waals surface area contributed by atoms with Crippen molar-refractivity contribution >= 4 is 35.3 Å². The number of carbonyl (C=O) groups is 2. The van der Waals surface area contributed by atoms with Gasteiger partial charge in [-0.3, -0.25) is 14.6 Å². The van der Waals surface area contributed by atoms with E-state index in [1.807, 2.05) is 29.9 Å². The lowest BCUT2D eigenvalue weighted by molar-refractivity contribution is -0.684. The highest BCUT2D eigenvalue weighted by Crippen LogP contribution is 2.35. The van der Waals surface area contributed by atoms with Crippen molar-refractivity contribution in [2.45, 2.75) is 39.8 Å². The minimum absolute atomic E-state index is 0.205. The number of hydrogen-bond donors (Lipinski definition) is 0. The molecule has 0 aliphatic carbocycles. The molecule has 0 saturated carbocycles. The number of hydrogen-bond acceptors (Lipinski definition) is 3. The number of carbonyl (C=O) groups excluding carboxylic acids is 2. The average Bonchev–Trinajstić information content (AvgIpc) is 3.02. The summed E-state index contributed by atoms with van der Waals surface area (Å²) in [4.78, 5) is 32.7. The van der Waals surface area contributed by atoms with Crippen LogP contribution >= 0.6 is 11.6 Å². The molecule has 124 valence electrons. The molecule has 2 aliphatic rings. The smallest absolute Gasteiger partial charge is 0.270 e. The third kappa shape index (κ3) is 2.09. The number of halogens is 1. The van der Waals surface area contributed by atoms with Crippen LogP contribution in [0.25, 0.3) is 0 Å². The molecule has 0 N–H and O–H groups in total. The molecule has 1 atom stereocenters. The van der Waals surface area contributed by atoms with Crippen molar-refractivity contribution in [1.29, 1.82) is 0 Å². The third-order valence-corrected chi connectivity index (χ3v) is 4.75. The zero-order valence-electron chi connectivity index (χ0n) is 13.8. The van der Waals surface area contributed by atoms with Gasteiger partial charge in [0.05, 0.1) is 12.4 Å². The van der Waals surface area contributed by atoms with Crippen molar-refractivity contribution in [3.05, 3.63) is 11.4 Å². The fourth-order valence-corrected chi connectivity index (χ4v) is 3.45. The molecule has 8 heteroatoms. The molecule has 0 spiro atoms. The predicted octanol–water partition coefficient (Wildman–Crippen LogP) is 1.52. The molecule has 1 aromatic heterocycles. The van der Waals surface area contributed by atoms with E-state index in [0.29, 0.717) is 30.8 Å². The Morgan fingerprint density at radius 1 is 1.30 bits per heavy atom. The van der Waals surface area contributed by atoms with Crippen LogP contribution in [0.1, 0.15) is 30.8 Å². The molecule has 0 radical (unpaired) electrons. The molecule has 7 nitrogen and oxygen atoms in total. The summed E-state index contributed by atoms with van der Waals surface area (Å²) >= 11 is 5.90. The Morgan fingerprint density at radius 3 is 2.61 bits per heavy atom. The van der Waals surface area contributed by atoms with Gasteiger partial charge in [-0.2, -0.15) is 0 Å². The van der Waals surface area contributed by atoms with Crippen LogP contribution in [0, 0.1) is 13.8 Å². The van der Waals surface area contributed by atoms with E-state index in [2.05, 4.69) is 4.99 Å². The van der Waals surface area contributed by atoms with E-state index in [1.54, 1.807) is 7.05 Å². The first-order chi connectivity index (χ1) is 10.9. The van der Waals surface area contributed by atoms with E-state index in [0.717, 1.165) is 17.8 Å². The molecular weight excluding hydrogens is 318 g/mol. The normalized spacial score (nSPS) is 20.0. The summed E-state index contributed by atoms with van der Waals surface area (Å²) in [5.74, 6) is 1.44. The highest BCUT2D eigenvalue weighted by Gasteiger charge is 2.53. The van der Waals surface area contributed by atoms with E-state index in [9.17, 15) is 9.59 Å². The molecule has 2 aliphatic heterocycles. The summed E-state index contributed by atoms with van der Waals surface area (Å²) in [5.41, 5.74) is 2.01. The number of amidine groups is 1. The van der Waals surface area contributed by atoms with E-state index < -0.39 is 6.04 Å². The van der Waals surface area contributed by atoms with Crippen LogP contribution in [0.2, 0.25) is 0 Å². The van der Waals surface area contributed by atoms with E-state index in [-0.39, 0.29) is 11.9 Å². The van der Waals surface area contributed by atoms with E-state index in [1.165, 1.54) is 9.80 Å². The Morgan fingerprint density at radius 2 is 2.00 bits per heavy atom. The van der Waals surface area contributed by atoms with Gasteiger partial charge in [0.2, 0.25) is 11.9 Å². The van der Waals surface area contributed by atoms with Gasteiger partial charge in [-0.15, -0.1) is 11.6 Å². The lowest BCUT2D eigenvalue weighted by Gasteiger charge is -2.33. The maximum atomic E-state index is 12.9. The van der Waals surface area contributed by atoms with Gasteiger partial charge in [0.15, 0.2) is 0 Å². The molecule has 23 heavy (non-hydrogen) atoms. The first kappa shape index (κ1) is 16.0. The number of aromatic nitrogens is 2. The number of urea groups is 1. The van der Waals surface area contributed by atoms with Crippen molar-refractivity contribution in [3.63, 3.8) is 0 Å². The fraction of sp³-hybridized carbons (Fsp3) is 0.600. The monoisotopic (exact) mass is 338 g/mol. The minimum Gasteiger partial charge on any atom is -0.270 e. The predicted molar refractivity (Wildman–Crippen MR) is 86.1 cm³/mol. The summed E-state index contributed by atoms with van der Waals surface area (Å²) in [7, 11) is 1.67. The second-order valence-electron chi connectivity index (χ2n) is 5.89. The third-order valence-electron chi connectivity index (χ3n) is 4.58. The summed E-state index contributed by atoms with van der Waals surface area (Å²) < 4.78 is 3.93. The van der Waals surface area contributed by atoms with Crippen LogP contribution in [0.15, 0.2) is 4.99 Å². The Labute approximate surface area is 140 Å². The van der Waals surface area contributed by atoms with Crippen molar-refractivity contribution in [2.24, 2.45) is 4.99 Å². The Kier molecular flexibility index (Phi) is 3.91. The highest BCUT2D eigenvalue weighted by atomic mass is 35.5. The van der Waals surface area contributed by atoms with Crippen molar-refractivity contribution in [3.8, 4) is 0 Å². The van der Waals surface area contributed by atoms with Crippen molar-refractivity contribution in [2.75, 3.05) is 19.5 Å². The van der Waals surface area contributed by atoms with Crippen LogP contribution in [-0.4, -0.2) is 51.6 Å². The Bertz CT molecular complexity index is 724. The van der Waals surface area contributed by atoms with Gasteiger partial charge in [0.1, 0.15) is 11.4 Å². The molecule has 1 aromatic rings. The zero-order valence-corrected chi connectivity index (χ0v) is 14.6. The van der Waals surface area contributed by atoms with Crippen molar-refractivity contribution < 1.29 is 14.2 Å². The Hall–Kier alpha value is -1.89. The second kappa shape index (κ2) is 5.63. The quantitative estimate of drug-likeness (QED) is 0.617. The number of rotatable bonds is 4. The minimum atomic E-state index is -0.561. The number of imide groups is 1. The number of likely N-dealkylation sites (N-methyl/N-ethyl adjacent to an activating group) is 1. The van der Waals surface area contributed by atoms with E-state index in [4.69, 9.17) is 11.6 Å². The molecule has 0 bridgehead atoms. The second-order valence-corrected chi connectivity index (χ2v) is 6.26. The highest BCUT2D eigenvalue weighted by molar-refractivity contribution is 6.20. The number of imidazole rings is 1. The largest absolute Gasteiger partial charge is 0.402 e.